The van der Waals surface area contributed by atoms with Crippen molar-refractivity contribution in [3.8, 4) is 0 Å². The molecule has 0 aliphatic rings. The van der Waals surface area contributed by atoms with Crippen LogP contribution in [0.3, 0.4) is 0 Å². The second-order valence-corrected chi connectivity index (χ2v) is 4.15. The first-order valence-electron chi connectivity index (χ1n) is 5.55. The summed E-state index contributed by atoms with van der Waals surface area (Å²) in [5, 5.41) is 3.61. The summed E-state index contributed by atoms with van der Waals surface area (Å²) in [5.74, 6) is 0.753. The van der Waals surface area contributed by atoms with E-state index in [1.54, 1.807) is 0 Å². The number of hydrogen-bond acceptors (Lipinski definition) is 1. The predicted octanol–water partition coefficient (Wildman–Crippen LogP) is 3.37. The van der Waals surface area contributed by atoms with Crippen LogP contribution >= 0.6 is 0 Å². The Morgan fingerprint density at radius 3 is 2.46 bits per heavy atom. The Hall–Kier alpha value is -0.300. The lowest BCUT2D eigenvalue weighted by atomic mass is 10.1. The Kier molecular flexibility index (Phi) is 8.11. The van der Waals surface area contributed by atoms with Crippen LogP contribution in [0.5, 0.6) is 0 Å². The summed E-state index contributed by atoms with van der Waals surface area (Å²) in [7, 11) is 0. The van der Waals surface area contributed by atoms with Gasteiger partial charge in [0.25, 0.3) is 0 Å². The molecule has 1 nitrogen and oxygen atoms in total. The molecule has 0 aliphatic carbocycles. The van der Waals surface area contributed by atoms with Gasteiger partial charge in [0.05, 0.1) is 0 Å². The molecule has 0 aliphatic heterocycles. The van der Waals surface area contributed by atoms with Gasteiger partial charge in [0.15, 0.2) is 0 Å². The minimum atomic E-state index is 0.699. The molecule has 0 radical (unpaired) electrons. The van der Waals surface area contributed by atoms with E-state index in [0.29, 0.717) is 6.04 Å². The largest absolute Gasteiger partial charge is 0.314 e. The van der Waals surface area contributed by atoms with Gasteiger partial charge in [-0.05, 0) is 31.7 Å². The molecule has 1 unspecified atom stereocenters. The fraction of sp³-hybridized carbons (Fsp3) is 0.833. The highest BCUT2D eigenvalue weighted by Crippen LogP contribution is 2.05. The second-order valence-electron chi connectivity index (χ2n) is 4.15. The molecule has 0 spiro atoms. The SMILES string of the molecule is C=CCCC(CCC)NCC(C)C. The molecule has 0 bridgehead atoms. The van der Waals surface area contributed by atoms with E-state index in [1.165, 1.54) is 19.3 Å². The van der Waals surface area contributed by atoms with Gasteiger partial charge in [-0.2, -0.15) is 0 Å². The average molecular weight is 183 g/mol. The van der Waals surface area contributed by atoms with E-state index in [0.717, 1.165) is 18.9 Å². The van der Waals surface area contributed by atoms with Crippen LogP contribution in [0, 0.1) is 5.92 Å². The Bertz CT molecular complexity index is 118. The molecule has 0 fully saturated rings. The maximum atomic E-state index is 3.76. The van der Waals surface area contributed by atoms with E-state index in [4.69, 9.17) is 0 Å². The molecular weight excluding hydrogens is 158 g/mol. The van der Waals surface area contributed by atoms with Gasteiger partial charge >= 0.3 is 0 Å². The molecule has 0 saturated heterocycles. The lowest BCUT2D eigenvalue weighted by Gasteiger charge is -2.18. The normalized spacial score (nSPS) is 13.2. The number of nitrogens with one attached hydrogen (secondary N) is 1. The highest BCUT2D eigenvalue weighted by atomic mass is 14.9. The molecular formula is C12H25N. The van der Waals surface area contributed by atoms with Crippen molar-refractivity contribution in [1.82, 2.24) is 5.32 Å². The fourth-order valence-corrected chi connectivity index (χ4v) is 1.42. The molecule has 1 atom stereocenters. The van der Waals surface area contributed by atoms with Gasteiger partial charge in [0.2, 0.25) is 0 Å². The van der Waals surface area contributed by atoms with E-state index in [-0.39, 0.29) is 0 Å². The van der Waals surface area contributed by atoms with Crippen LogP contribution in [-0.2, 0) is 0 Å². The predicted molar refractivity (Wildman–Crippen MR) is 61.0 cm³/mol. The lowest BCUT2D eigenvalue weighted by molar-refractivity contribution is 0.419. The molecule has 0 aromatic carbocycles. The molecule has 0 rings (SSSR count). The molecule has 78 valence electrons. The third-order valence-electron chi connectivity index (χ3n) is 2.17. The summed E-state index contributed by atoms with van der Waals surface area (Å²) in [6, 6.07) is 0.699. The molecule has 0 saturated carbocycles. The maximum absolute atomic E-state index is 3.76. The van der Waals surface area contributed by atoms with Crippen LogP contribution in [0.15, 0.2) is 12.7 Å². The van der Waals surface area contributed by atoms with Crippen molar-refractivity contribution < 1.29 is 0 Å². The molecule has 0 heterocycles. The monoisotopic (exact) mass is 183 g/mol. The van der Waals surface area contributed by atoms with Gasteiger partial charge in [0, 0.05) is 6.04 Å². The van der Waals surface area contributed by atoms with E-state index < -0.39 is 0 Å². The van der Waals surface area contributed by atoms with Gasteiger partial charge in [-0.1, -0.05) is 33.3 Å². The molecule has 13 heavy (non-hydrogen) atoms. The fourth-order valence-electron chi connectivity index (χ4n) is 1.42. The first-order valence-corrected chi connectivity index (χ1v) is 5.55. The first kappa shape index (κ1) is 12.7. The smallest absolute Gasteiger partial charge is 0.00700 e. The van der Waals surface area contributed by atoms with Crippen molar-refractivity contribution in [3.05, 3.63) is 12.7 Å². The molecule has 0 aromatic rings. The van der Waals surface area contributed by atoms with Crippen LogP contribution < -0.4 is 5.32 Å². The summed E-state index contributed by atoms with van der Waals surface area (Å²) in [6.45, 7) is 11.7. The van der Waals surface area contributed by atoms with Crippen molar-refractivity contribution in [2.75, 3.05) is 6.54 Å². The third-order valence-corrected chi connectivity index (χ3v) is 2.17. The van der Waals surface area contributed by atoms with Crippen LogP contribution in [-0.4, -0.2) is 12.6 Å². The van der Waals surface area contributed by atoms with Gasteiger partial charge in [-0.3, -0.25) is 0 Å². The van der Waals surface area contributed by atoms with Crippen LogP contribution in [0.1, 0.15) is 46.5 Å². The maximum Gasteiger partial charge on any atom is 0.00700 e. The van der Waals surface area contributed by atoms with Crippen LogP contribution in [0.25, 0.3) is 0 Å². The molecule has 0 aromatic heterocycles. The van der Waals surface area contributed by atoms with Gasteiger partial charge < -0.3 is 5.32 Å². The quantitative estimate of drug-likeness (QED) is 0.569. The number of allylic oxidation sites excluding steroid dienone is 1. The van der Waals surface area contributed by atoms with Crippen molar-refractivity contribution in [3.63, 3.8) is 0 Å². The Labute approximate surface area is 83.6 Å². The highest BCUT2D eigenvalue weighted by Gasteiger charge is 2.05. The summed E-state index contributed by atoms with van der Waals surface area (Å²) >= 11 is 0. The number of rotatable bonds is 8. The Morgan fingerprint density at radius 1 is 1.31 bits per heavy atom. The standard InChI is InChI=1S/C12H25N/c1-5-7-9-12(8-6-2)13-10-11(3)4/h5,11-13H,1,6-10H2,2-4H3. The molecule has 0 amide bonds. The van der Waals surface area contributed by atoms with Crippen molar-refractivity contribution in [1.29, 1.82) is 0 Å². The van der Waals surface area contributed by atoms with Crippen LogP contribution in [0.4, 0.5) is 0 Å². The van der Waals surface area contributed by atoms with E-state index in [1.807, 2.05) is 6.08 Å². The zero-order valence-electron chi connectivity index (χ0n) is 9.47. The first-order chi connectivity index (χ1) is 6.20. The van der Waals surface area contributed by atoms with E-state index >= 15 is 0 Å². The van der Waals surface area contributed by atoms with E-state index in [2.05, 4.69) is 32.7 Å². The van der Waals surface area contributed by atoms with Gasteiger partial charge in [-0.25, -0.2) is 0 Å². The summed E-state index contributed by atoms with van der Waals surface area (Å²) in [5.41, 5.74) is 0. The molecule has 1 heteroatoms. The number of hydrogen-bond donors (Lipinski definition) is 1. The average Bonchev–Trinajstić information content (AvgIpc) is 2.09. The summed E-state index contributed by atoms with van der Waals surface area (Å²) in [4.78, 5) is 0. The van der Waals surface area contributed by atoms with Crippen molar-refractivity contribution in [2.45, 2.75) is 52.5 Å². The van der Waals surface area contributed by atoms with E-state index in [9.17, 15) is 0 Å². The summed E-state index contributed by atoms with van der Waals surface area (Å²) in [6.07, 6.45) is 6.95. The second kappa shape index (κ2) is 8.31. The van der Waals surface area contributed by atoms with Gasteiger partial charge in [0.1, 0.15) is 0 Å². The van der Waals surface area contributed by atoms with Crippen molar-refractivity contribution >= 4 is 0 Å². The molecule has 1 N–H and O–H groups in total. The third kappa shape index (κ3) is 8.04. The minimum Gasteiger partial charge on any atom is -0.314 e. The Balaban J connectivity index is 3.59. The van der Waals surface area contributed by atoms with Crippen LogP contribution in [0.2, 0.25) is 0 Å². The topological polar surface area (TPSA) is 12.0 Å². The van der Waals surface area contributed by atoms with Gasteiger partial charge in [-0.15, -0.1) is 6.58 Å². The Morgan fingerprint density at radius 2 is 2.00 bits per heavy atom. The zero-order chi connectivity index (χ0) is 10.1. The summed E-state index contributed by atoms with van der Waals surface area (Å²) < 4.78 is 0. The highest BCUT2D eigenvalue weighted by molar-refractivity contribution is 4.74. The minimum absolute atomic E-state index is 0.699. The lowest BCUT2D eigenvalue weighted by Crippen LogP contribution is -2.31. The van der Waals surface area contributed by atoms with Crippen molar-refractivity contribution in [2.24, 2.45) is 5.92 Å². The zero-order valence-corrected chi connectivity index (χ0v) is 9.47.